The summed E-state index contributed by atoms with van der Waals surface area (Å²) in [6.07, 6.45) is 0. The molecular formula is C14H18N4O4S2. The summed E-state index contributed by atoms with van der Waals surface area (Å²) >= 11 is 2.65. The summed E-state index contributed by atoms with van der Waals surface area (Å²) in [5.41, 5.74) is -0.330. The Kier molecular flexibility index (Phi) is 5.84. The van der Waals surface area contributed by atoms with Crippen LogP contribution in [0.1, 0.15) is 37.1 Å². The van der Waals surface area contributed by atoms with E-state index in [9.17, 15) is 9.59 Å². The lowest BCUT2D eigenvalue weighted by Crippen LogP contribution is -2.43. The van der Waals surface area contributed by atoms with E-state index in [1.54, 1.807) is 12.1 Å². The average Bonchev–Trinajstić information content (AvgIpc) is 3.11. The fourth-order valence-corrected chi connectivity index (χ4v) is 3.23. The molecule has 0 spiro atoms. The number of urea groups is 1. The molecule has 0 unspecified atom stereocenters. The molecular weight excluding hydrogens is 352 g/mol. The van der Waals surface area contributed by atoms with E-state index < -0.39 is 5.97 Å². The summed E-state index contributed by atoms with van der Waals surface area (Å²) in [6.45, 7) is 5.67. The van der Waals surface area contributed by atoms with Gasteiger partial charge in [-0.3, -0.25) is 5.32 Å². The number of hydrogen-bond donors (Lipinski definition) is 2. The summed E-state index contributed by atoms with van der Waals surface area (Å²) in [4.78, 5) is 23.1. The molecule has 0 atom stereocenters. The number of ether oxygens (including phenoxy) is 1. The van der Waals surface area contributed by atoms with Gasteiger partial charge < -0.3 is 14.5 Å². The standard InChI is InChI=1S/C14H18N4O4S2/c1-14(2,3)16-11(20)15-12-17-18-13(24-12)23-7-8-5-6-9(22-8)10(19)21-4/h5-6H,7H2,1-4H3,(H2,15,16,17,20). The lowest BCUT2D eigenvalue weighted by molar-refractivity contribution is 0.0563. The van der Waals surface area contributed by atoms with Crippen molar-refractivity contribution >= 4 is 40.2 Å². The second-order valence-corrected chi connectivity index (χ2v) is 7.95. The Morgan fingerprint density at radius 2 is 2.08 bits per heavy atom. The molecule has 0 saturated carbocycles. The number of nitrogens with zero attached hydrogens (tertiary/aromatic N) is 2. The van der Waals surface area contributed by atoms with Gasteiger partial charge in [-0.1, -0.05) is 23.1 Å². The first-order valence-corrected chi connectivity index (χ1v) is 8.79. The Morgan fingerprint density at radius 3 is 2.75 bits per heavy atom. The molecule has 0 bridgehead atoms. The van der Waals surface area contributed by atoms with Crippen LogP contribution < -0.4 is 10.6 Å². The van der Waals surface area contributed by atoms with Crippen molar-refractivity contribution in [2.24, 2.45) is 0 Å². The van der Waals surface area contributed by atoms with Gasteiger partial charge in [0.15, 0.2) is 4.34 Å². The van der Waals surface area contributed by atoms with E-state index in [1.807, 2.05) is 20.8 Å². The van der Waals surface area contributed by atoms with Crippen LogP contribution in [-0.2, 0) is 10.5 Å². The first-order chi connectivity index (χ1) is 11.3. The van der Waals surface area contributed by atoms with Gasteiger partial charge in [0.1, 0.15) is 5.76 Å². The molecule has 24 heavy (non-hydrogen) atoms. The van der Waals surface area contributed by atoms with Crippen molar-refractivity contribution in [3.05, 3.63) is 23.7 Å². The molecule has 8 nitrogen and oxygen atoms in total. The zero-order valence-electron chi connectivity index (χ0n) is 13.7. The number of furan rings is 1. The minimum atomic E-state index is -0.515. The van der Waals surface area contributed by atoms with Gasteiger partial charge >= 0.3 is 12.0 Å². The summed E-state index contributed by atoms with van der Waals surface area (Å²) < 4.78 is 10.6. The van der Waals surface area contributed by atoms with Gasteiger partial charge in [0.25, 0.3) is 0 Å². The number of aromatic nitrogens is 2. The largest absolute Gasteiger partial charge is 0.463 e. The smallest absolute Gasteiger partial charge is 0.373 e. The SMILES string of the molecule is COC(=O)c1ccc(CSc2nnc(NC(=O)NC(C)(C)C)s2)o1. The third-order valence-electron chi connectivity index (χ3n) is 2.50. The van der Waals surface area contributed by atoms with Crippen LogP contribution in [0.2, 0.25) is 0 Å². The van der Waals surface area contributed by atoms with Gasteiger partial charge in [0, 0.05) is 5.54 Å². The minimum absolute atomic E-state index is 0.159. The molecule has 2 amide bonds. The van der Waals surface area contributed by atoms with Gasteiger partial charge in [0.05, 0.1) is 12.9 Å². The summed E-state index contributed by atoms with van der Waals surface area (Å²) in [5.74, 6) is 0.750. The van der Waals surface area contributed by atoms with E-state index in [-0.39, 0.29) is 17.3 Å². The number of nitrogens with one attached hydrogen (secondary N) is 2. The van der Waals surface area contributed by atoms with Gasteiger partial charge in [-0.2, -0.15) is 0 Å². The first-order valence-electron chi connectivity index (χ1n) is 6.99. The van der Waals surface area contributed by atoms with Crippen LogP contribution in [0.15, 0.2) is 20.9 Å². The number of carbonyl (C=O) groups excluding carboxylic acids is 2. The highest BCUT2D eigenvalue weighted by molar-refractivity contribution is 8.00. The summed E-state index contributed by atoms with van der Waals surface area (Å²) in [5, 5.41) is 13.7. The molecule has 2 N–H and O–H groups in total. The second kappa shape index (κ2) is 7.67. The van der Waals surface area contributed by atoms with Crippen LogP contribution in [0.4, 0.5) is 9.93 Å². The van der Waals surface area contributed by atoms with E-state index >= 15 is 0 Å². The lowest BCUT2D eigenvalue weighted by atomic mass is 10.1. The van der Waals surface area contributed by atoms with Crippen molar-refractivity contribution in [1.82, 2.24) is 15.5 Å². The Balaban J connectivity index is 1.86. The predicted octanol–water partition coefficient (Wildman–Crippen LogP) is 3.13. The van der Waals surface area contributed by atoms with Gasteiger partial charge in [-0.05, 0) is 32.9 Å². The van der Waals surface area contributed by atoms with E-state index in [2.05, 4.69) is 25.6 Å². The fourth-order valence-electron chi connectivity index (χ4n) is 1.59. The predicted molar refractivity (Wildman–Crippen MR) is 91.4 cm³/mol. The highest BCUT2D eigenvalue weighted by Gasteiger charge is 2.16. The molecule has 0 aliphatic rings. The van der Waals surface area contributed by atoms with Crippen molar-refractivity contribution in [3.63, 3.8) is 0 Å². The third kappa shape index (κ3) is 5.53. The quantitative estimate of drug-likeness (QED) is 0.473. The van der Waals surface area contributed by atoms with Crippen molar-refractivity contribution in [1.29, 1.82) is 0 Å². The molecule has 0 aliphatic heterocycles. The zero-order chi connectivity index (χ0) is 17.7. The molecule has 0 aliphatic carbocycles. The number of esters is 1. The third-order valence-corrected chi connectivity index (χ3v) is 4.50. The Bertz CT molecular complexity index is 720. The van der Waals surface area contributed by atoms with Crippen LogP contribution >= 0.6 is 23.1 Å². The molecule has 0 saturated heterocycles. The number of carbonyl (C=O) groups is 2. The minimum Gasteiger partial charge on any atom is -0.463 e. The van der Waals surface area contributed by atoms with Crippen molar-refractivity contribution < 1.29 is 18.7 Å². The molecule has 2 aromatic heterocycles. The van der Waals surface area contributed by atoms with Crippen molar-refractivity contribution in [3.8, 4) is 0 Å². The number of anilines is 1. The number of hydrogen-bond acceptors (Lipinski definition) is 8. The Labute approximate surface area is 147 Å². The molecule has 0 aromatic carbocycles. The molecule has 2 heterocycles. The molecule has 10 heteroatoms. The van der Waals surface area contributed by atoms with Crippen LogP contribution in [0.5, 0.6) is 0 Å². The van der Waals surface area contributed by atoms with Gasteiger partial charge in [-0.15, -0.1) is 10.2 Å². The fraction of sp³-hybridized carbons (Fsp3) is 0.429. The van der Waals surface area contributed by atoms with E-state index in [1.165, 1.54) is 30.2 Å². The number of methoxy groups -OCH3 is 1. The van der Waals surface area contributed by atoms with Crippen molar-refractivity contribution in [2.75, 3.05) is 12.4 Å². The van der Waals surface area contributed by atoms with Crippen LogP contribution in [0.25, 0.3) is 0 Å². The molecule has 0 fully saturated rings. The monoisotopic (exact) mass is 370 g/mol. The average molecular weight is 370 g/mol. The second-order valence-electron chi connectivity index (χ2n) is 5.75. The topological polar surface area (TPSA) is 106 Å². The van der Waals surface area contributed by atoms with Gasteiger partial charge in [-0.25, -0.2) is 9.59 Å². The lowest BCUT2D eigenvalue weighted by Gasteiger charge is -2.19. The van der Waals surface area contributed by atoms with Crippen LogP contribution in [0.3, 0.4) is 0 Å². The molecule has 130 valence electrons. The zero-order valence-corrected chi connectivity index (χ0v) is 15.3. The summed E-state index contributed by atoms with van der Waals surface area (Å²) in [6, 6.07) is 2.94. The number of thioether (sulfide) groups is 1. The van der Waals surface area contributed by atoms with E-state index in [0.717, 1.165) is 0 Å². The normalized spacial score (nSPS) is 11.2. The highest BCUT2D eigenvalue weighted by Crippen LogP contribution is 2.28. The number of amides is 2. The molecule has 2 aromatic rings. The maximum atomic E-state index is 11.8. The number of rotatable bonds is 5. The summed E-state index contributed by atoms with van der Waals surface area (Å²) in [7, 11) is 1.30. The van der Waals surface area contributed by atoms with E-state index in [0.29, 0.717) is 21.0 Å². The maximum Gasteiger partial charge on any atom is 0.373 e. The molecule has 2 rings (SSSR count). The van der Waals surface area contributed by atoms with Crippen LogP contribution in [0, 0.1) is 0 Å². The maximum absolute atomic E-state index is 11.8. The highest BCUT2D eigenvalue weighted by atomic mass is 32.2. The molecule has 0 radical (unpaired) electrons. The van der Waals surface area contributed by atoms with E-state index in [4.69, 9.17) is 4.42 Å². The van der Waals surface area contributed by atoms with Gasteiger partial charge in [0.2, 0.25) is 10.9 Å². The Hall–Kier alpha value is -2.07. The van der Waals surface area contributed by atoms with Crippen molar-refractivity contribution in [2.45, 2.75) is 36.4 Å². The first kappa shape index (κ1) is 18.3. The Morgan fingerprint density at radius 1 is 1.33 bits per heavy atom. The van der Waals surface area contributed by atoms with Crippen LogP contribution in [-0.4, -0.2) is 34.8 Å².